The molecule has 0 saturated carbocycles. The average molecular weight is 651 g/mol. The van der Waals surface area contributed by atoms with E-state index in [1.807, 2.05) is 25.1 Å². The second-order valence-corrected chi connectivity index (χ2v) is 12.5. The van der Waals surface area contributed by atoms with Crippen LogP contribution in [0.4, 0.5) is 5.82 Å². The largest absolute Gasteiger partial charge is 0.481 e. The molecule has 0 aliphatic rings. The van der Waals surface area contributed by atoms with Gasteiger partial charge < -0.3 is 10.1 Å². The van der Waals surface area contributed by atoms with Crippen molar-refractivity contribution in [2.24, 2.45) is 0 Å². The van der Waals surface area contributed by atoms with Gasteiger partial charge in [-0.2, -0.15) is 0 Å². The number of aromatic nitrogens is 2. The first-order chi connectivity index (χ1) is 20.8. The van der Waals surface area contributed by atoms with E-state index in [1.54, 1.807) is 0 Å². The number of H-pyrrole nitrogens is 1. The molecule has 0 saturated heterocycles. The quantitative estimate of drug-likeness (QED) is 0.119. The van der Waals surface area contributed by atoms with E-state index in [9.17, 15) is 9.59 Å². The van der Waals surface area contributed by atoms with Crippen molar-refractivity contribution in [3.63, 3.8) is 0 Å². The van der Waals surface area contributed by atoms with Gasteiger partial charge in [0, 0.05) is 11.1 Å². The molecule has 3 aromatic rings. The monoisotopic (exact) mass is 649 g/mol. The fourth-order valence-corrected chi connectivity index (χ4v) is 6.18. The summed E-state index contributed by atoms with van der Waals surface area (Å²) in [5.41, 5.74) is 1.02. The van der Waals surface area contributed by atoms with Crippen molar-refractivity contribution in [3.05, 3.63) is 73.4 Å². The van der Waals surface area contributed by atoms with E-state index < -0.39 is 11.7 Å². The lowest BCUT2D eigenvalue weighted by molar-refractivity contribution is -0.122. The number of unbranched alkanes of at least 4 members (excludes halogenated alkanes) is 12. The zero-order chi connectivity index (χ0) is 31.0. The molecular formula is C34H46Cl3N3O3. The fourth-order valence-electron chi connectivity index (χ4n) is 5.20. The maximum absolute atomic E-state index is 13.0. The van der Waals surface area contributed by atoms with Crippen LogP contribution in [-0.2, 0) is 11.2 Å². The van der Waals surface area contributed by atoms with Crippen LogP contribution in [0.15, 0.2) is 47.3 Å². The van der Waals surface area contributed by atoms with E-state index in [-0.39, 0.29) is 27.5 Å². The second-order valence-electron chi connectivity index (χ2n) is 11.2. The summed E-state index contributed by atoms with van der Waals surface area (Å²) in [5.74, 6) is 0.487. The van der Waals surface area contributed by atoms with Gasteiger partial charge in [-0.05, 0) is 49.1 Å². The molecule has 236 valence electrons. The molecule has 0 aliphatic carbocycles. The van der Waals surface area contributed by atoms with Gasteiger partial charge in [0.05, 0.1) is 10.0 Å². The Kier molecular flexibility index (Phi) is 15.6. The highest BCUT2D eigenvalue weighted by Crippen LogP contribution is 2.31. The molecule has 1 heterocycles. The number of nitrogens with one attached hydrogen (secondary N) is 2. The summed E-state index contributed by atoms with van der Waals surface area (Å²) in [4.78, 5) is 25.7. The smallest absolute Gasteiger partial charge is 0.273 e. The van der Waals surface area contributed by atoms with Crippen LogP contribution in [0.3, 0.4) is 0 Å². The Bertz CT molecular complexity index is 1310. The molecular weight excluding hydrogens is 605 g/mol. The van der Waals surface area contributed by atoms with E-state index >= 15 is 0 Å². The summed E-state index contributed by atoms with van der Waals surface area (Å²) < 4.78 is 7.23. The van der Waals surface area contributed by atoms with E-state index in [4.69, 9.17) is 39.5 Å². The number of benzene rings is 2. The third-order valence-corrected chi connectivity index (χ3v) is 8.39. The predicted octanol–water partition coefficient (Wildman–Crippen LogP) is 10.6. The molecule has 9 heteroatoms. The number of anilines is 1. The summed E-state index contributed by atoms with van der Waals surface area (Å²) in [6.07, 6.45) is 18.1. The number of carbonyl (C=O) groups is 1. The zero-order valence-electron chi connectivity index (χ0n) is 25.5. The van der Waals surface area contributed by atoms with Crippen molar-refractivity contribution in [3.8, 4) is 11.4 Å². The first-order valence-electron chi connectivity index (χ1n) is 15.9. The Morgan fingerprint density at radius 3 is 2.00 bits per heavy atom. The van der Waals surface area contributed by atoms with Crippen molar-refractivity contribution in [2.75, 3.05) is 5.32 Å². The van der Waals surface area contributed by atoms with E-state index in [0.717, 1.165) is 12.8 Å². The molecule has 0 aliphatic heterocycles. The standard InChI is InChI=1S/C34H46Cl3N3O3/c1-3-5-6-7-8-9-10-11-12-13-14-15-16-18-25-19-17-20-27(21-25)43-30(4-2)34(42)38-31-24-32(41)40(39-31)33-28(36)22-26(35)23-29(33)37/h17,19-24,30,39H,3-16,18H2,1-2H3,(H,38,42). The van der Waals surface area contributed by atoms with Crippen LogP contribution in [0.1, 0.15) is 109 Å². The molecule has 2 aromatic carbocycles. The lowest BCUT2D eigenvalue weighted by atomic mass is 10.0. The SMILES string of the molecule is CCCCCCCCCCCCCCCc1cccc(OC(CC)C(=O)Nc2cc(=O)n(-c3c(Cl)cc(Cl)cc3Cl)[nH]2)c1. The number of aryl methyl sites for hydroxylation is 1. The Morgan fingerprint density at radius 1 is 0.837 bits per heavy atom. The van der Waals surface area contributed by atoms with Crippen molar-refractivity contribution in [1.82, 2.24) is 9.78 Å². The molecule has 3 rings (SSSR count). The number of ether oxygens (including phenoxy) is 1. The van der Waals surface area contributed by atoms with E-state index in [0.29, 0.717) is 17.2 Å². The highest BCUT2D eigenvalue weighted by atomic mass is 35.5. The van der Waals surface area contributed by atoms with Crippen LogP contribution in [0.2, 0.25) is 15.1 Å². The number of halogens is 3. The van der Waals surface area contributed by atoms with Gasteiger partial charge in [-0.25, -0.2) is 4.68 Å². The lowest BCUT2D eigenvalue weighted by Crippen LogP contribution is -2.32. The average Bonchev–Trinajstić information content (AvgIpc) is 3.32. The number of rotatable bonds is 20. The normalized spacial score (nSPS) is 11.9. The summed E-state index contributed by atoms with van der Waals surface area (Å²) in [5, 5.41) is 6.33. The van der Waals surface area contributed by atoms with Gasteiger partial charge in [-0.1, -0.05) is 138 Å². The molecule has 0 bridgehead atoms. The van der Waals surface area contributed by atoms with Gasteiger partial charge in [0.2, 0.25) is 0 Å². The highest BCUT2D eigenvalue weighted by Gasteiger charge is 2.21. The first-order valence-corrected chi connectivity index (χ1v) is 17.0. The van der Waals surface area contributed by atoms with Crippen molar-refractivity contribution >= 4 is 46.5 Å². The summed E-state index contributed by atoms with van der Waals surface area (Å²) in [7, 11) is 0. The Morgan fingerprint density at radius 2 is 1.42 bits per heavy atom. The van der Waals surface area contributed by atoms with Gasteiger partial charge in [0.25, 0.3) is 11.5 Å². The maximum Gasteiger partial charge on any atom is 0.273 e. The Labute approximate surface area is 271 Å². The minimum Gasteiger partial charge on any atom is -0.481 e. The molecule has 6 nitrogen and oxygen atoms in total. The number of hydrogen-bond donors (Lipinski definition) is 2. The molecule has 2 N–H and O–H groups in total. The molecule has 1 amide bonds. The van der Waals surface area contributed by atoms with Crippen molar-refractivity contribution in [1.29, 1.82) is 0 Å². The third kappa shape index (κ3) is 11.9. The third-order valence-electron chi connectivity index (χ3n) is 7.59. The van der Waals surface area contributed by atoms with E-state index in [1.165, 1.54) is 105 Å². The molecule has 1 unspecified atom stereocenters. The summed E-state index contributed by atoms with van der Waals surface area (Å²) in [6.45, 7) is 4.15. The molecule has 0 radical (unpaired) electrons. The highest BCUT2D eigenvalue weighted by molar-refractivity contribution is 6.40. The predicted molar refractivity (Wildman–Crippen MR) is 181 cm³/mol. The lowest BCUT2D eigenvalue weighted by Gasteiger charge is -2.17. The van der Waals surface area contributed by atoms with Crippen molar-refractivity contribution < 1.29 is 9.53 Å². The number of nitrogens with zero attached hydrogens (tertiary/aromatic N) is 1. The zero-order valence-corrected chi connectivity index (χ0v) is 27.8. The minimum atomic E-state index is -0.735. The van der Waals surface area contributed by atoms with Gasteiger partial charge in [0.1, 0.15) is 17.3 Å². The van der Waals surface area contributed by atoms with Crippen LogP contribution >= 0.6 is 34.8 Å². The van der Waals surface area contributed by atoms with Crippen LogP contribution in [0.25, 0.3) is 5.69 Å². The summed E-state index contributed by atoms with van der Waals surface area (Å²) >= 11 is 18.5. The maximum atomic E-state index is 13.0. The molecule has 1 atom stereocenters. The molecule has 0 spiro atoms. The Balaban J connectivity index is 1.41. The van der Waals surface area contributed by atoms with Crippen LogP contribution in [0, 0.1) is 0 Å². The van der Waals surface area contributed by atoms with Crippen LogP contribution < -0.4 is 15.6 Å². The van der Waals surface area contributed by atoms with Gasteiger partial charge >= 0.3 is 0 Å². The molecule has 0 fully saturated rings. The molecule has 43 heavy (non-hydrogen) atoms. The van der Waals surface area contributed by atoms with Gasteiger partial charge in [-0.15, -0.1) is 0 Å². The van der Waals surface area contributed by atoms with Crippen LogP contribution in [-0.4, -0.2) is 21.8 Å². The fraction of sp³-hybridized carbons (Fsp3) is 0.529. The number of carbonyl (C=O) groups excluding carboxylic acids is 1. The summed E-state index contributed by atoms with van der Waals surface area (Å²) in [6, 6.07) is 12.2. The number of amides is 1. The number of aromatic amines is 1. The minimum absolute atomic E-state index is 0.202. The van der Waals surface area contributed by atoms with E-state index in [2.05, 4.69) is 23.4 Å². The first kappa shape index (κ1) is 35.1. The van der Waals surface area contributed by atoms with Crippen LogP contribution in [0.5, 0.6) is 5.75 Å². The Hall–Kier alpha value is -2.41. The van der Waals surface area contributed by atoms with Gasteiger partial charge in [-0.3, -0.25) is 14.7 Å². The number of hydrogen-bond acceptors (Lipinski definition) is 3. The second kappa shape index (κ2) is 19.1. The van der Waals surface area contributed by atoms with Crippen molar-refractivity contribution in [2.45, 2.75) is 116 Å². The molecule has 1 aromatic heterocycles. The topological polar surface area (TPSA) is 76.1 Å². The van der Waals surface area contributed by atoms with Gasteiger partial charge in [0.15, 0.2) is 6.10 Å².